The van der Waals surface area contributed by atoms with Crippen LogP contribution in [0.3, 0.4) is 0 Å². The molecule has 0 aliphatic rings. The van der Waals surface area contributed by atoms with Gasteiger partial charge in [-0.3, -0.25) is 19.4 Å². The van der Waals surface area contributed by atoms with Gasteiger partial charge >= 0.3 is 5.97 Å². The lowest BCUT2D eigenvalue weighted by Gasteiger charge is -2.22. The largest absolute Gasteiger partial charge is 0.480 e. The number of benzene rings is 1. The summed E-state index contributed by atoms with van der Waals surface area (Å²) in [6.45, 7) is 0.267. The number of carbonyl (C=O) groups excluding carboxylic acids is 3. The van der Waals surface area contributed by atoms with E-state index in [1.54, 1.807) is 6.20 Å². The van der Waals surface area contributed by atoms with E-state index >= 15 is 0 Å². The standard InChI is InChI=1S/C21H30N8O5/c22-13(5-3-7-26-21(24)25)18(31)28-15(9-17(23)30)19(32)29-16(20(33)34)8-11-10-27-14-6-2-1-4-12(11)14/h1-2,4,6,10,13,15-16,27H,3,5,7-9,22H2,(H2,23,30)(H,28,31)(H,29,32)(H,33,34)(H4,24,25,26)/t13-,15-,16-/m0/s1. The summed E-state index contributed by atoms with van der Waals surface area (Å²) in [7, 11) is 0. The maximum atomic E-state index is 12.8. The van der Waals surface area contributed by atoms with E-state index in [1.807, 2.05) is 24.3 Å². The first-order chi connectivity index (χ1) is 16.1. The summed E-state index contributed by atoms with van der Waals surface area (Å²) in [5, 5.41) is 15.2. The van der Waals surface area contributed by atoms with Crippen LogP contribution in [0.2, 0.25) is 0 Å². The third kappa shape index (κ3) is 7.78. The van der Waals surface area contributed by atoms with Crippen molar-refractivity contribution in [3.8, 4) is 0 Å². The quantitative estimate of drug-likeness (QED) is 0.0915. The van der Waals surface area contributed by atoms with Gasteiger partial charge in [0.25, 0.3) is 0 Å². The molecule has 34 heavy (non-hydrogen) atoms. The van der Waals surface area contributed by atoms with Gasteiger partial charge in [-0.2, -0.15) is 0 Å². The molecule has 0 saturated carbocycles. The molecule has 0 radical (unpaired) electrons. The van der Waals surface area contributed by atoms with Gasteiger partial charge < -0.3 is 43.7 Å². The van der Waals surface area contributed by atoms with Gasteiger partial charge in [0, 0.05) is 30.1 Å². The van der Waals surface area contributed by atoms with Gasteiger partial charge in [0.05, 0.1) is 12.5 Å². The highest BCUT2D eigenvalue weighted by Crippen LogP contribution is 2.19. The lowest BCUT2D eigenvalue weighted by Crippen LogP contribution is -2.55. The Balaban J connectivity index is 2.05. The van der Waals surface area contributed by atoms with Crippen molar-refractivity contribution in [3.63, 3.8) is 0 Å². The zero-order chi connectivity index (χ0) is 25.3. The van der Waals surface area contributed by atoms with E-state index in [4.69, 9.17) is 22.9 Å². The summed E-state index contributed by atoms with van der Waals surface area (Å²) in [6.07, 6.45) is 1.73. The summed E-state index contributed by atoms with van der Waals surface area (Å²) in [6, 6.07) is 3.61. The average Bonchev–Trinajstić information content (AvgIpc) is 3.17. The minimum absolute atomic E-state index is 0.0212. The summed E-state index contributed by atoms with van der Waals surface area (Å²) in [4.78, 5) is 55.3. The number of aliphatic imine (C=N–C) groups is 1. The molecule has 0 aliphatic heterocycles. The fourth-order valence-corrected chi connectivity index (χ4v) is 3.33. The molecule has 1 aromatic carbocycles. The SMILES string of the molecule is NC(=O)C[C@H](NC(=O)[C@@H](N)CCCN=C(N)N)C(=O)N[C@@H](Cc1c[nH]c2ccccc12)C(=O)O. The molecule has 0 fully saturated rings. The van der Waals surface area contributed by atoms with Gasteiger partial charge in [0.1, 0.15) is 12.1 Å². The van der Waals surface area contributed by atoms with E-state index in [9.17, 15) is 24.3 Å². The second-order valence-electron chi connectivity index (χ2n) is 7.75. The van der Waals surface area contributed by atoms with Crippen LogP contribution in [0.15, 0.2) is 35.5 Å². The van der Waals surface area contributed by atoms with Gasteiger partial charge in [-0.25, -0.2) is 4.79 Å². The number of primary amides is 1. The number of carbonyl (C=O) groups is 4. The molecule has 13 nitrogen and oxygen atoms in total. The number of aromatic nitrogens is 1. The van der Waals surface area contributed by atoms with Crippen LogP contribution >= 0.6 is 0 Å². The van der Waals surface area contributed by atoms with Crippen molar-refractivity contribution in [2.45, 2.75) is 43.8 Å². The van der Waals surface area contributed by atoms with E-state index in [1.165, 1.54) is 0 Å². The molecule has 1 heterocycles. The van der Waals surface area contributed by atoms with Gasteiger partial charge in [-0.1, -0.05) is 18.2 Å². The number of nitrogens with two attached hydrogens (primary N) is 4. The zero-order valence-electron chi connectivity index (χ0n) is 18.5. The number of guanidine groups is 1. The number of carboxylic acid groups (broad SMARTS) is 1. The summed E-state index contributed by atoms with van der Waals surface area (Å²) in [5.41, 5.74) is 23.0. The van der Waals surface area contributed by atoms with Crippen molar-refractivity contribution in [1.29, 1.82) is 0 Å². The summed E-state index contributed by atoms with van der Waals surface area (Å²) in [5.74, 6) is -3.79. The molecular formula is C21H30N8O5. The second kappa shape index (κ2) is 12.2. The molecule has 1 aromatic heterocycles. The molecule has 0 saturated heterocycles. The zero-order valence-corrected chi connectivity index (χ0v) is 18.5. The number of hydrogen-bond acceptors (Lipinski definition) is 6. The first-order valence-corrected chi connectivity index (χ1v) is 10.6. The Bertz CT molecular complexity index is 1060. The molecule has 0 aliphatic carbocycles. The predicted molar refractivity (Wildman–Crippen MR) is 125 cm³/mol. The number of H-pyrrole nitrogens is 1. The van der Waals surface area contributed by atoms with E-state index in [0.29, 0.717) is 12.0 Å². The van der Waals surface area contributed by atoms with E-state index in [2.05, 4.69) is 20.6 Å². The number of aromatic amines is 1. The fourth-order valence-electron chi connectivity index (χ4n) is 3.33. The number of hydrogen-bond donors (Lipinski definition) is 8. The number of aliphatic carboxylic acids is 1. The van der Waals surface area contributed by atoms with Crippen LogP contribution in [0, 0.1) is 0 Å². The van der Waals surface area contributed by atoms with Gasteiger partial charge in [-0.05, 0) is 24.5 Å². The lowest BCUT2D eigenvalue weighted by atomic mass is 10.0. The number of carboxylic acids is 1. The smallest absolute Gasteiger partial charge is 0.326 e. The number of amides is 3. The predicted octanol–water partition coefficient (Wildman–Crippen LogP) is -1.98. The van der Waals surface area contributed by atoms with Gasteiger partial charge in [0.15, 0.2) is 5.96 Å². The van der Waals surface area contributed by atoms with Crippen LogP contribution in [0.4, 0.5) is 0 Å². The number of rotatable bonds is 13. The van der Waals surface area contributed by atoms with E-state index < -0.39 is 48.2 Å². The molecule has 0 unspecified atom stereocenters. The molecule has 12 N–H and O–H groups in total. The molecule has 2 rings (SSSR count). The van der Waals surface area contributed by atoms with Crippen LogP contribution in [0.1, 0.15) is 24.8 Å². The van der Waals surface area contributed by atoms with E-state index in [0.717, 1.165) is 10.9 Å². The average molecular weight is 475 g/mol. The molecule has 3 atom stereocenters. The Labute approximate surface area is 195 Å². The maximum Gasteiger partial charge on any atom is 0.326 e. The van der Waals surface area contributed by atoms with Crippen LogP contribution in [-0.2, 0) is 25.6 Å². The minimum atomic E-state index is -1.39. The molecule has 2 aromatic rings. The van der Waals surface area contributed by atoms with Crippen LogP contribution < -0.4 is 33.6 Å². The number of fused-ring (bicyclic) bond motifs is 1. The Hall–Kier alpha value is -4.13. The fraction of sp³-hybridized carbons (Fsp3) is 0.381. The first kappa shape index (κ1) is 26.1. The maximum absolute atomic E-state index is 12.8. The molecule has 0 bridgehead atoms. The molecule has 13 heteroatoms. The van der Waals surface area contributed by atoms with Crippen LogP contribution in [-0.4, -0.2) is 64.4 Å². The van der Waals surface area contributed by atoms with Gasteiger partial charge in [0.2, 0.25) is 17.7 Å². The topological polar surface area (TPSA) is 245 Å². The lowest BCUT2D eigenvalue weighted by molar-refractivity contribution is -0.142. The molecule has 0 spiro atoms. The number of para-hydroxylation sites is 1. The summed E-state index contributed by atoms with van der Waals surface area (Å²) < 4.78 is 0. The normalized spacial score (nSPS) is 13.4. The third-order valence-electron chi connectivity index (χ3n) is 5.06. The van der Waals surface area contributed by atoms with Gasteiger partial charge in [-0.15, -0.1) is 0 Å². The van der Waals surface area contributed by atoms with Crippen molar-refractivity contribution in [2.75, 3.05) is 6.54 Å². The second-order valence-corrected chi connectivity index (χ2v) is 7.75. The van der Waals surface area contributed by atoms with Crippen molar-refractivity contribution < 1.29 is 24.3 Å². The Morgan fingerprint density at radius 2 is 1.71 bits per heavy atom. The highest BCUT2D eigenvalue weighted by atomic mass is 16.4. The van der Waals surface area contributed by atoms with E-state index in [-0.39, 0.29) is 25.3 Å². The monoisotopic (exact) mass is 474 g/mol. The Kier molecular flexibility index (Phi) is 9.38. The number of nitrogens with zero attached hydrogens (tertiary/aromatic N) is 1. The Morgan fingerprint density at radius 1 is 1.03 bits per heavy atom. The number of nitrogens with one attached hydrogen (secondary N) is 3. The third-order valence-corrected chi connectivity index (χ3v) is 5.06. The van der Waals surface area contributed by atoms with Crippen molar-refractivity contribution in [3.05, 3.63) is 36.0 Å². The van der Waals surface area contributed by atoms with Crippen molar-refractivity contribution in [1.82, 2.24) is 15.6 Å². The highest BCUT2D eigenvalue weighted by molar-refractivity contribution is 5.95. The van der Waals surface area contributed by atoms with Crippen molar-refractivity contribution in [2.24, 2.45) is 27.9 Å². The Morgan fingerprint density at radius 3 is 2.35 bits per heavy atom. The summed E-state index contributed by atoms with van der Waals surface area (Å²) >= 11 is 0. The van der Waals surface area contributed by atoms with Crippen LogP contribution in [0.25, 0.3) is 10.9 Å². The van der Waals surface area contributed by atoms with Crippen LogP contribution in [0.5, 0.6) is 0 Å². The molecule has 184 valence electrons. The molecular weight excluding hydrogens is 444 g/mol. The first-order valence-electron chi connectivity index (χ1n) is 10.6. The van der Waals surface area contributed by atoms with Crippen molar-refractivity contribution >= 4 is 40.6 Å². The molecule has 3 amide bonds. The highest BCUT2D eigenvalue weighted by Gasteiger charge is 2.29. The minimum Gasteiger partial charge on any atom is -0.480 e.